The van der Waals surface area contributed by atoms with Crippen molar-refractivity contribution < 1.29 is 18.8 Å². The molecule has 1 atom stereocenters. The van der Waals surface area contributed by atoms with E-state index in [1.54, 1.807) is 0 Å². The number of anilines is 1. The van der Waals surface area contributed by atoms with Gasteiger partial charge in [0.1, 0.15) is 11.6 Å². The average molecular weight is 272 g/mol. The Kier molecular flexibility index (Phi) is 4.62. The zero-order valence-electron chi connectivity index (χ0n) is 10.4. The maximum atomic E-state index is 13.3. The predicted octanol–water partition coefficient (Wildman–Crippen LogP) is 1.56. The second-order valence-electron chi connectivity index (χ2n) is 3.87. The van der Waals surface area contributed by atoms with Gasteiger partial charge in [-0.2, -0.15) is 0 Å². The van der Waals surface area contributed by atoms with Crippen LogP contribution in [0.3, 0.4) is 0 Å². The quantitative estimate of drug-likeness (QED) is 0.337. The van der Waals surface area contributed by atoms with Crippen LogP contribution in [0.15, 0.2) is 23.4 Å². The van der Waals surface area contributed by atoms with Crippen molar-refractivity contribution in [3.63, 3.8) is 0 Å². The highest BCUT2D eigenvalue weighted by atomic mass is 19.1. The number of nitrogens with zero attached hydrogens (tertiary/aromatic N) is 2. The van der Waals surface area contributed by atoms with Crippen molar-refractivity contribution in [2.45, 2.75) is 13.0 Å². The smallest absolute Gasteiger partial charge is 0.322 e. The molecule has 0 heterocycles. The number of urea groups is 1. The van der Waals surface area contributed by atoms with Gasteiger partial charge in [0.15, 0.2) is 5.84 Å². The first-order chi connectivity index (χ1) is 8.86. The Morgan fingerprint density at radius 1 is 1.53 bits per heavy atom. The summed E-state index contributed by atoms with van der Waals surface area (Å²) in [6.07, 6.45) is 0. The van der Waals surface area contributed by atoms with E-state index in [1.165, 1.54) is 14.0 Å². The largest absolute Gasteiger partial charge is 0.409 e. The summed E-state index contributed by atoms with van der Waals surface area (Å²) in [6.45, 7) is 1.52. The molecule has 104 valence electrons. The van der Waals surface area contributed by atoms with Gasteiger partial charge in [-0.15, -0.1) is 0 Å². The lowest BCUT2D eigenvalue weighted by atomic mass is 10.2. The SMILES string of the molecule is CC(C(N)=NO)N(C)C(=O)Nc1ccc(F)cc1F. The van der Waals surface area contributed by atoms with Crippen LogP contribution < -0.4 is 11.1 Å². The second kappa shape index (κ2) is 5.98. The molecule has 0 aliphatic heterocycles. The molecule has 0 aliphatic carbocycles. The molecule has 0 radical (unpaired) electrons. The minimum absolute atomic E-state index is 0.162. The van der Waals surface area contributed by atoms with Gasteiger partial charge in [0.2, 0.25) is 0 Å². The van der Waals surface area contributed by atoms with E-state index < -0.39 is 23.7 Å². The highest BCUT2D eigenvalue weighted by Crippen LogP contribution is 2.15. The van der Waals surface area contributed by atoms with Crippen molar-refractivity contribution in [3.05, 3.63) is 29.8 Å². The Bertz CT molecular complexity index is 507. The lowest BCUT2D eigenvalue weighted by Gasteiger charge is -2.24. The molecular weight excluding hydrogens is 258 g/mol. The van der Waals surface area contributed by atoms with Crippen molar-refractivity contribution in [2.24, 2.45) is 10.9 Å². The van der Waals surface area contributed by atoms with Crippen LogP contribution in [-0.2, 0) is 0 Å². The molecule has 1 aromatic rings. The number of likely N-dealkylation sites (N-methyl/N-ethyl adjacent to an activating group) is 1. The molecule has 0 spiro atoms. The number of benzene rings is 1. The van der Waals surface area contributed by atoms with E-state index >= 15 is 0 Å². The summed E-state index contributed by atoms with van der Waals surface area (Å²) in [7, 11) is 1.39. The van der Waals surface area contributed by atoms with Crippen LogP contribution in [0.2, 0.25) is 0 Å². The van der Waals surface area contributed by atoms with Crippen molar-refractivity contribution >= 4 is 17.6 Å². The van der Waals surface area contributed by atoms with Crippen molar-refractivity contribution in [1.29, 1.82) is 0 Å². The summed E-state index contributed by atoms with van der Waals surface area (Å²) in [5, 5.41) is 13.5. The van der Waals surface area contributed by atoms with E-state index in [9.17, 15) is 13.6 Å². The summed E-state index contributed by atoms with van der Waals surface area (Å²) in [6, 6.07) is 1.41. The van der Waals surface area contributed by atoms with Gasteiger partial charge in [0.25, 0.3) is 0 Å². The number of hydrogen-bond donors (Lipinski definition) is 3. The van der Waals surface area contributed by atoms with E-state index in [0.29, 0.717) is 6.07 Å². The molecule has 0 saturated heterocycles. The first kappa shape index (κ1) is 14.7. The summed E-state index contributed by atoms with van der Waals surface area (Å²) >= 11 is 0. The number of rotatable bonds is 3. The number of carbonyl (C=O) groups excluding carboxylic acids is 1. The third kappa shape index (κ3) is 3.54. The summed E-state index contributed by atoms with van der Waals surface area (Å²) in [5.41, 5.74) is 5.19. The lowest BCUT2D eigenvalue weighted by Crippen LogP contribution is -2.45. The first-order valence-electron chi connectivity index (χ1n) is 5.33. The van der Waals surface area contributed by atoms with Gasteiger partial charge in [-0.1, -0.05) is 5.16 Å². The van der Waals surface area contributed by atoms with E-state index in [2.05, 4.69) is 10.5 Å². The minimum atomic E-state index is -0.891. The van der Waals surface area contributed by atoms with Crippen molar-refractivity contribution in [3.8, 4) is 0 Å². The third-order valence-corrected chi connectivity index (χ3v) is 2.62. The van der Waals surface area contributed by atoms with Gasteiger partial charge in [0.05, 0.1) is 11.7 Å². The highest BCUT2D eigenvalue weighted by molar-refractivity contribution is 5.94. The molecule has 0 aliphatic rings. The van der Waals surface area contributed by atoms with Crippen LogP contribution in [-0.4, -0.2) is 35.1 Å². The van der Waals surface area contributed by atoms with Crippen molar-refractivity contribution in [1.82, 2.24) is 4.90 Å². The maximum absolute atomic E-state index is 13.3. The number of oxime groups is 1. The molecule has 1 rings (SSSR count). The molecule has 19 heavy (non-hydrogen) atoms. The highest BCUT2D eigenvalue weighted by Gasteiger charge is 2.20. The summed E-state index contributed by atoms with van der Waals surface area (Å²) in [5.74, 6) is -1.80. The summed E-state index contributed by atoms with van der Waals surface area (Å²) < 4.78 is 26.0. The standard InChI is InChI=1S/C11H14F2N4O2/c1-6(10(14)16-19)17(2)11(18)15-9-4-3-7(12)5-8(9)13/h3-6,19H,1-2H3,(H2,14,16)(H,15,18). The third-order valence-electron chi connectivity index (χ3n) is 2.62. The molecule has 0 bridgehead atoms. The van der Waals surface area contributed by atoms with Crippen LogP contribution >= 0.6 is 0 Å². The molecule has 8 heteroatoms. The monoisotopic (exact) mass is 272 g/mol. The zero-order chi connectivity index (χ0) is 14.6. The number of nitrogens with two attached hydrogens (primary N) is 1. The van der Waals surface area contributed by atoms with Gasteiger partial charge in [-0.3, -0.25) is 0 Å². The average Bonchev–Trinajstić information content (AvgIpc) is 2.39. The molecule has 0 fully saturated rings. The fourth-order valence-corrected chi connectivity index (χ4v) is 1.25. The molecule has 2 amide bonds. The van der Waals surface area contributed by atoms with Gasteiger partial charge >= 0.3 is 6.03 Å². The Balaban J connectivity index is 2.79. The predicted molar refractivity (Wildman–Crippen MR) is 66.0 cm³/mol. The number of nitrogens with one attached hydrogen (secondary N) is 1. The normalized spacial score (nSPS) is 12.9. The zero-order valence-corrected chi connectivity index (χ0v) is 10.4. The molecule has 1 unspecified atom stereocenters. The van der Waals surface area contributed by atoms with Gasteiger partial charge in [0, 0.05) is 13.1 Å². The van der Waals surface area contributed by atoms with E-state index in [4.69, 9.17) is 10.9 Å². The topological polar surface area (TPSA) is 91.0 Å². The number of amidine groups is 1. The van der Waals surface area contributed by atoms with E-state index in [-0.39, 0.29) is 11.5 Å². The Labute approximate surface area is 108 Å². The number of halogens is 2. The second-order valence-corrected chi connectivity index (χ2v) is 3.87. The molecule has 0 saturated carbocycles. The van der Waals surface area contributed by atoms with Gasteiger partial charge in [-0.25, -0.2) is 13.6 Å². The Morgan fingerprint density at radius 2 is 2.16 bits per heavy atom. The van der Waals surface area contributed by atoms with Crippen LogP contribution in [0, 0.1) is 11.6 Å². The molecule has 4 N–H and O–H groups in total. The fourth-order valence-electron chi connectivity index (χ4n) is 1.25. The number of hydrogen-bond acceptors (Lipinski definition) is 3. The van der Waals surface area contributed by atoms with Crippen LogP contribution in [0.5, 0.6) is 0 Å². The van der Waals surface area contributed by atoms with E-state index in [1.807, 2.05) is 0 Å². The lowest BCUT2D eigenvalue weighted by molar-refractivity contribution is 0.217. The van der Waals surface area contributed by atoms with Crippen molar-refractivity contribution in [2.75, 3.05) is 12.4 Å². The molecular formula is C11H14F2N4O2. The minimum Gasteiger partial charge on any atom is -0.409 e. The van der Waals surface area contributed by atoms with Gasteiger partial charge in [-0.05, 0) is 19.1 Å². The molecule has 6 nitrogen and oxygen atoms in total. The number of amides is 2. The summed E-state index contributed by atoms with van der Waals surface area (Å²) in [4.78, 5) is 12.9. The first-order valence-corrected chi connectivity index (χ1v) is 5.33. The maximum Gasteiger partial charge on any atom is 0.322 e. The Morgan fingerprint density at radius 3 is 2.68 bits per heavy atom. The molecule has 0 aromatic heterocycles. The van der Waals surface area contributed by atoms with Gasteiger partial charge < -0.3 is 21.2 Å². The number of carbonyl (C=O) groups is 1. The van der Waals surface area contributed by atoms with Crippen LogP contribution in [0.25, 0.3) is 0 Å². The fraction of sp³-hybridized carbons (Fsp3) is 0.273. The molecule has 1 aromatic carbocycles. The van der Waals surface area contributed by atoms with Crippen LogP contribution in [0.4, 0.5) is 19.3 Å². The Hall–Kier alpha value is -2.38. The van der Waals surface area contributed by atoms with E-state index in [0.717, 1.165) is 17.0 Å². The van der Waals surface area contributed by atoms with Crippen LogP contribution in [0.1, 0.15) is 6.92 Å².